The van der Waals surface area contributed by atoms with Crippen LogP contribution in [0.2, 0.25) is 0 Å². The second-order valence-corrected chi connectivity index (χ2v) is 21.4. The molecule has 0 saturated carbocycles. The van der Waals surface area contributed by atoms with E-state index >= 15 is 0 Å². The maximum Gasteiger partial charge on any atom is 0.153 e. The molecule has 0 aromatic carbocycles. The Bertz CT molecular complexity index is 2070. The summed E-state index contributed by atoms with van der Waals surface area (Å²) < 4.78 is 0. The van der Waals surface area contributed by atoms with Crippen molar-refractivity contribution in [1.82, 2.24) is 9.97 Å². The molecule has 2 nitrogen and oxygen atoms in total. The van der Waals surface area contributed by atoms with Crippen LogP contribution < -0.4 is 0 Å². The lowest BCUT2D eigenvalue weighted by Crippen LogP contribution is -2.31. The molecule has 0 N–H and O–H groups in total. The fraction of sp³-hybridized carbons (Fsp3) is 0.488. The first-order valence-corrected chi connectivity index (χ1v) is 24.0. The second-order valence-electron chi connectivity index (χ2n) is 14.7. The van der Waals surface area contributed by atoms with Gasteiger partial charge in [0.15, 0.2) is 10.0 Å². The number of aryl methyl sites for hydroxylation is 4. The van der Waals surface area contributed by atoms with Gasteiger partial charge in [-0.25, -0.2) is 9.97 Å². The van der Waals surface area contributed by atoms with Gasteiger partial charge in [0.2, 0.25) is 0 Å². The highest BCUT2D eigenvalue weighted by Gasteiger charge is 2.47. The average molecular weight is 789 g/mol. The summed E-state index contributed by atoms with van der Waals surface area (Å²) in [5.74, 6) is 1.53. The topological polar surface area (TPSA) is 25.8 Å². The minimum Gasteiger partial charge on any atom is -0.238 e. The van der Waals surface area contributed by atoms with Gasteiger partial charge in [-0.05, 0) is 99.9 Å². The second kappa shape index (κ2) is 15.8. The Hall–Kier alpha value is -1.94. The first-order chi connectivity index (χ1) is 24.7. The zero-order valence-corrected chi connectivity index (χ0v) is 36.4. The van der Waals surface area contributed by atoms with Crippen molar-refractivity contribution in [1.29, 1.82) is 0 Å². The summed E-state index contributed by atoms with van der Waals surface area (Å²) in [6.07, 6.45) is 13.1. The standard InChI is InChI=1S/C43H52N2S6/c1-9-13-15-29(11-3)23-43(24-30(12-4)16-14-10-2)31-21-26(6)47-39(31)40-32(43)22-36(49-40)33-19-20-35(48-33)38-28(8)45-42(51-38)41-44-27(7)37(50-41)34-18-17-25(5)46-34/h17-22,29-30H,9-16,23-24H2,1-8H3. The van der Waals surface area contributed by atoms with Gasteiger partial charge in [0.25, 0.3) is 0 Å². The number of nitrogens with zero attached hydrogens (tertiary/aromatic N) is 2. The Morgan fingerprint density at radius 1 is 0.529 bits per heavy atom. The van der Waals surface area contributed by atoms with Crippen molar-refractivity contribution >= 4 is 68.0 Å². The lowest BCUT2D eigenvalue weighted by molar-refractivity contribution is 0.266. The number of rotatable bonds is 16. The average Bonchev–Trinajstić information content (AvgIpc) is 3.97. The van der Waals surface area contributed by atoms with E-state index < -0.39 is 0 Å². The summed E-state index contributed by atoms with van der Waals surface area (Å²) in [5.41, 5.74) is 5.64. The number of unbranched alkanes of at least 4 members (excludes halogenated alkanes) is 2. The van der Waals surface area contributed by atoms with Crippen LogP contribution >= 0.6 is 68.0 Å². The van der Waals surface area contributed by atoms with Gasteiger partial charge in [0.05, 0.1) is 21.1 Å². The minimum absolute atomic E-state index is 0.128. The monoisotopic (exact) mass is 788 g/mol. The van der Waals surface area contributed by atoms with Crippen molar-refractivity contribution in [2.75, 3.05) is 0 Å². The highest BCUT2D eigenvalue weighted by Crippen LogP contribution is 2.62. The van der Waals surface area contributed by atoms with Crippen LogP contribution in [0.15, 0.2) is 36.4 Å². The zero-order chi connectivity index (χ0) is 35.9. The molecule has 6 heterocycles. The van der Waals surface area contributed by atoms with Crippen LogP contribution in [0.5, 0.6) is 0 Å². The van der Waals surface area contributed by atoms with Crippen LogP contribution in [0, 0.1) is 39.5 Å². The van der Waals surface area contributed by atoms with Crippen LogP contribution in [0.4, 0.5) is 0 Å². The van der Waals surface area contributed by atoms with Crippen LogP contribution in [0.25, 0.3) is 49.0 Å². The summed E-state index contributed by atoms with van der Waals surface area (Å²) in [5, 5.41) is 2.07. The van der Waals surface area contributed by atoms with Crippen LogP contribution in [-0.4, -0.2) is 9.97 Å². The zero-order valence-electron chi connectivity index (χ0n) is 31.5. The molecule has 1 aliphatic rings. The summed E-state index contributed by atoms with van der Waals surface area (Å²) in [4.78, 5) is 24.0. The fourth-order valence-electron chi connectivity index (χ4n) is 8.20. The van der Waals surface area contributed by atoms with Crippen LogP contribution in [-0.2, 0) is 5.41 Å². The van der Waals surface area contributed by atoms with Gasteiger partial charge in [-0.2, -0.15) is 0 Å². The molecule has 270 valence electrons. The van der Waals surface area contributed by atoms with Gasteiger partial charge in [-0.1, -0.05) is 79.1 Å². The molecule has 51 heavy (non-hydrogen) atoms. The third-order valence-corrected chi connectivity index (χ3v) is 18.4. The van der Waals surface area contributed by atoms with E-state index in [0.29, 0.717) is 0 Å². The Morgan fingerprint density at radius 2 is 1.06 bits per heavy atom. The molecular formula is C43H52N2S6. The summed E-state index contributed by atoms with van der Waals surface area (Å²) in [6.45, 7) is 18.4. The molecule has 0 spiro atoms. The minimum atomic E-state index is 0.128. The van der Waals surface area contributed by atoms with E-state index in [-0.39, 0.29) is 5.41 Å². The lowest BCUT2D eigenvalue weighted by atomic mass is 9.65. The van der Waals surface area contributed by atoms with E-state index in [1.54, 1.807) is 43.6 Å². The number of hydrogen-bond donors (Lipinski definition) is 0. The van der Waals surface area contributed by atoms with Gasteiger partial charge in [-0.3, -0.25) is 0 Å². The van der Waals surface area contributed by atoms with Crippen LogP contribution in [0.3, 0.4) is 0 Å². The Balaban J connectivity index is 1.24. The number of thiazole rings is 2. The van der Waals surface area contributed by atoms with Crippen molar-refractivity contribution in [2.24, 2.45) is 11.8 Å². The molecule has 0 bridgehead atoms. The van der Waals surface area contributed by atoms with E-state index in [9.17, 15) is 0 Å². The van der Waals surface area contributed by atoms with Gasteiger partial charge in [0.1, 0.15) is 0 Å². The lowest BCUT2D eigenvalue weighted by Gasteiger charge is -2.37. The maximum absolute atomic E-state index is 5.07. The van der Waals surface area contributed by atoms with Gasteiger partial charge in [0, 0.05) is 44.4 Å². The first kappa shape index (κ1) is 37.4. The van der Waals surface area contributed by atoms with Crippen molar-refractivity contribution in [3.63, 3.8) is 0 Å². The molecule has 0 radical (unpaired) electrons. The quantitative estimate of drug-likeness (QED) is 0.0976. The molecule has 6 aromatic heterocycles. The predicted octanol–water partition coefficient (Wildman–Crippen LogP) is 16.2. The van der Waals surface area contributed by atoms with Gasteiger partial charge >= 0.3 is 0 Å². The van der Waals surface area contributed by atoms with Crippen LogP contribution in [0.1, 0.15) is 124 Å². The maximum atomic E-state index is 5.07. The van der Waals surface area contributed by atoms with Crippen molar-refractivity contribution in [3.05, 3.63) is 68.7 Å². The molecule has 0 saturated heterocycles. The smallest absolute Gasteiger partial charge is 0.153 e. The Morgan fingerprint density at radius 3 is 1.61 bits per heavy atom. The number of fused-ring (bicyclic) bond motifs is 3. The largest absolute Gasteiger partial charge is 0.238 e. The van der Waals surface area contributed by atoms with Crippen molar-refractivity contribution in [2.45, 2.75) is 125 Å². The Kier molecular flexibility index (Phi) is 11.6. The molecule has 1 aliphatic carbocycles. The SMILES string of the molecule is CCCCC(CC)CC1(CC(CC)CCCC)c2cc(C)sc2-c2sc(-c3ccc(-c4sc(-c5nc(C)c(-c6ccc(C)s6)s5)nc4C)s3)cc21. The molecule has 0 aliphatic heterocycles. The molecule has 2 atom stereocenters. The van der Waals surface area contributed by atoms with E-state index in [0.717, 1.165) is 33.2 Å². The summed E-state index contributed by atoms with van der Waals surface area (Å²) in [7, 11) is 0. The molecule has 8 heteroatoms. The first-order valence-electron chi connectivity index (χ1n) is 19.1. The van der Waals surface area contributed by atoms with E-state index in [1.165, 1.54) is 103 Å². The van der Waals surface area contributed by atoms with E-state index in [4.69, 9.17) is 9.97 Å². The summed E-state index contributed by atoms with van der Waals surface area (Å²) in [6, 6.07) is 14.4. The van der Waals surface area contributed by atoms with Crippen molar-refractivity contribution in [3.8, 4) is 49.0 Å². The third kappa shape index (κ3) is 7.32. The van der Waals surface area contributed by atoms with Gasteiger partial charge < -0.3 is 0 Å². The molecule has 6 aromatic rings. The number of hydrogen-bond acceptors (Lipinski definition) is 8. The molecule has 0 amide bonds. The molecule has 2 unspecified atom stereocenters. The normalized spacial score (nSPS) is 16.5. The molecular weight excluding hydrogens is 737 g/mol. The fourth-order valence-corrected chi connectivity index (χ4v) is 15.2. The van der Waals surface area contributed by atoms with Crippen molar-refractivity contribution < 1.29 is 0 Å². The number of aromatic nitrogens is 2. The molecule has 0 fully saturated rings. The van der Waals surface area contributed by atoms with E-state index in [1.807, 2.05) is 34.0 Å². The third-order valence-electron chi connectivity index (χ3n) is 11.0. The highest BCUT2D eigenvalue weighted by molar-refractivity contribution is 7.30. The number of thiophene rings is 4. The summed E-state index contributed by atoms with van der Waals surface area (Å²) >= 11 is 11.5. The van der Waals surface area contributed by atoms with Gasteiger partial charge in [-0.15, -0.1) is 68.0 Å². The Labute approximate surface area is 330 Å². The highest BCUT2D eigenvalue weighted by atomic mass is 32.1. The predicted molar refractivity (Wildman–Crippen MR) is 232 cm³/mol. The molecule has 7 rings (SSSR count). The van der Waals surface area contributed by atoms with E-state index in [2.05, 4.69) is 103 Å².